The van der Waals surface area contributed by atoms with Crippen LogP contribution in [0.4, 0.5) is 0 Å². The Hall–Kier alpha value is -1.84. The molecule has 7 nitrogen and oxygen atoms in total. The van der Waals surface area contributed by atoms with Gasteiger partial charge < -0.3 is 19.9 Å². The molecule has 0 amide bonds. The third-order valence-corrected chi connectivity index (χ3v) is 4.94. The first kappa shape index (κ1) is 22.4. The first-order valence-corrected chi connectivity index (χ1v) is 9.70. The van der Waals surface area contributed by atoms with Crippen molar-refractivity contribution in [1.29, 1.82) is 0 Å². The van der Waals surface area contributed by atoms with Crippen molar-refractivity contribution in [3.63, 3.8) is 0 Å². The second-order valence-corrected chi connectivity index (χ2v) is 6.91. The van der Waals surface area contributed by atoms with Crippen LogP contribution < -0.4 is 15.4 Å². The maximum Gasteiger partial charge on any atom is 0.191 e. The van der Waals surface area contributed by atoms with Gasteiger partial charge in [0.15, 0.2) is 5.96 Å². The average Bonchev–Trinajstić information content (AvgIpc) is 2.91. The van der Waals surface area contributed by atoms with Gasteiger partial charge in [0.1, 0.15) is 17.4 Å². The fourth-order valence-electron chi connectivity index (χ4n) is 3.42. The number of hydrogen-bond donors (Lipinski definition) is 2. The first-order valence-electron chi connectivity index (χ1n) is 9.70. The van der Waals surface area contributed by atoms with Crippen LogP contribution in [0.3, 0.4) is 0 Å². The van der Waals surface area contributed by atoms with E-state index in [9.17, 15) is 0 Å². The number of fused-ring (bicyclic) bond motifs is 1. The van der Waals surface area contributed by atoms with Crippen LogP contribution in [-0.4, -0.2) is 41.4 Å². The van der Waals surface area contributed by atoms with E-state index in [4.69, 9.17) is 4.74 Å². The van der Waals surface area contributed by atoms with E-state index in [0.717, 1.165) is 54.9 Å². The maximum atomic E-state index is 5.47. The number of aliphatic imine (C=N–C) groups is 1. The predicted octanol–water partition coefficient (Wildman–Crippen LogP) is 2.85. The highest BCUT2D eigenvalue weighted by molar-refractivity contribution is 14.0. The predicted molar refractivity (Wildman–Crippen MR) is 123 cm³/mol. The number of nitrogens with zero attached hydrogens (tertiary/aromatic N) is 4. The second kappa shape index (κ2) is 11.2. The molecule has 0 bridgehead atoms. The van der Waals surface area contributed by atoms with Crippen LogP contribution in [-0.2, 0) is 25.9 Å². The summed E-state index contributed by atoms with van der Waals surface area (Å²) in [5.74, 6) is 3.86. The van der Waals surface area contributed by atoms with E-state index in [-0.39, 0.29) is 24.0 Å². The van der Waals surface area contributed by atoms with Gasteiger partial charge in [0.2, 0.25) is 0 Å². The third kappa shape index (κ3) is 5.83. The summed E-state index contributed by atoms with van der Waals surface area (Å²) in [6.07, 6.45) is 5.59. The van der Waals surface area contributed by atoms with Crippen LogP contribution in [0.2, 0.25) is 0 Å². The molecule has 1 aliphatic rings. The zero-order chi connectivity index (χ0) is 19.1. The van der Waals surface area contributed by atoms with Crippen LogP contribution in [0, 0.1) is 6.92 Å². The van der Waals surface area contributed by atoms with Crippen molar-refractivity contribution in [3.8, 4) is 5.75 Å². The monoisotopic (exact) mass is 498 g/mol. The Balaban J connectivity index is 0.00000280. The van der Waals surface area contributed by atoms with E-state index in [0.29, 0.717) is 6.54 Å². The van der Waals surface area contributed by atoms with Gasteiger partial charge in [0.05, 0.1) is 7.11 Å². The molecule has 2 heterocycles. The molecule has 0 unspecified atom stereocenters. The van der Waals surface area contributed by atoms with Crippen molar-refractivity contribution in [3.05, 3.63) is 41.0 Å². The molecule has 0 atom stereocenters. The molecular formula is C20H31IN6O. The normalized spacial score (nSPS) is 13.9. The summed E-state index contributed by atoms with van der Waals surface area (Å²) in [7, 11) is 3.48. The van der Waals surface area contributed by atoms with Gasteiger partial charge in [-0.3, -0.25) is 4.99 Å². The highest BCUT2D eigenvalue weighted by atomic mass is 127. The fraction of sp³-hybridized carbons (Fsp3) is 0.550. The smallest absolute Gasteiger partial charge is 0.191 e. The third-order valence-electron chi connectivity index (χ3n) is 4.94. The van der Waals surface area contributed by atoms with Gasteiger partial charge in [-0.2, -0.15) is 0 Å². The van der Waals surface area contributed by atoms with Gasteiger partial charge in [-0.1, -0.05) is 18.6 Å². The Morgan fingerprint density at radius 3 is 2.86 bits per heavy atom. The molecule has 0 saturated heterocycles. The molecule has 3 rings (SSSR count). The molecule has 0 aliphatic carbocycles. The van der Waals surface area contributed by atoms with Gasteiger partial charge in [0.25, 0.3) is 0 Å². The molecule has 0 spiro atoms. The number of methoxy groups -OCH3 is 1. The topological polar surface area (TPSA) is 76.4 Å². The Bertz CT molecular complexity index is 789. The zero-order valence-electron chi connectivity index (χ0n) is 17.0. The number of aromatic nitrogens is 3. The Morgan fingerprint density at radius 1 is 1.21 bits per heavy atom. The largest absolute Gasteiger partial charge is 0.496 e. The quantitative estimate of drug-likeness (QED) is 0.364. The first-order chi connectivity index (χ1) is 13.2. The lowest BCUT2D eigenvalue weighted by Crippen LogP contribution is -2.38. The minimum atomic E-state index is 0. The number of hydrogen-bond acceptors (Lipinski definition) is 4. The van der Waals surface area contributed by atoms with Crippen LogP contribution >= 0.6 is 24.0 Å². The summed E-state index contributed by atoms with van der Waals surface area (Å²) in [4.78, 5) is 4.31. The molecule has 0 fully saturated rings. The number of nitrogens with one attached hydrogen (secondary N) is 2. The summed E-state index contributed by atoms with van der Waals surface area (Å²) < 4.78 is 7.76. The minimum absolute atomic E-state index is 0. The zero-order valence-corrected chi connectivity index (χ0v) is 19.3. The highest BCUT2D eigenvalue weighted by Gasteiger charge is 2.14. The van der Waals surface area contributed by atoms with Gasteiger partial charge >= 0.3 is 0 Å². The van der Waals surface area contributed by atoms with Crippen LogP contribution in [0.5, 0.6) is 5.75 Å². The lowest BCUT2D eigenvalue weighted by molar-refractivity contribution is 0.408. The lowest BCUT2D eigenvalue weighted by atomic mass is 10.1. The second-order valence-electron chi connectivity index (χ2n) is 6.91. The van der Waals surface area contributed by atoms with Gasteiger partial charge in [-0.05, 0) is 31.4 Å². The van der Waals surface area contributed by atoms with E-state index in [1.54, 1.807) is 14.2 Å². The molecule has 154 valence electrons. The number of halogens is 1. The molecule has 2 aromatic rings. The molecule has 28 heavy (non-hydrogen) atoms. The summed E-state index contributed by atoms with van der Waals surface area (Å²) in [5.41, 5.74) is 2.29. The van der Waals surface area contributed by atoms with E-state index in [1.165, 1.54) is 24.8 Å². The summed E-state index contributed by atoms with van der Waals surface area (Å²) in [6, 6.07) is 6.22. The number of rotatable bonds is 6. The van der Waals surface area contributed by atoms with Crippen molar-refractivity contribution in [2.75, 3.05) is 20.7 Å². The molecular weight excluding hydrogens is 467 g/mol. The van der Waals surface area contributed by atoms with E-state index >= 15 is 0 Å². The number of guanidine groups is 1. The summed E-state index contributed by atoms with van der Waals surface area (Å²) >= 11 is 0. The van der Waals surface area contributed by atoms with E-state index < -0.39 is 0 Å². The van der Waals surface area contributed by atoms with Crippen molar-refractivity contribution < 1.29 is 4.74 Å². The average molecular weight is 498 g/mol. The molecule has 0 radical (unpaired) electrons. The molecule has 8 heteroatoms. The van der Waals surface area contributed by atoms with Crippen LogP contribution in [0.25, 0.3) is 0 Å². The molecule has 1 aliphatic heterocycles. The van der Waals surface area contributed by atoms with E-state index in [1.807, 2.05) is 6.07 Å². The standard InChI is InChI=1S/C20H30N6O.HI/c1-15-8-9-16(17(13-15)27-3)14-23-20(21-2)22-11-10-19-25-24-18-7-5-4-6-12-26(18)19;/h8-9,13H,4-7,10-12,14H2,1-3H3,(H2,21,22,23);1H. The summed E-state index contributed by atoms with van der Waals surface area (Å²) in [6.45, 7) is 4.52. The molecule has 2 N–H and O–H groups in total. The Morgan fingerprint density at radius 2 is 2.07 bits per heavy atom. The Kier molecular flexibility index (Phi) is 9.01. The van der Waals surface area contributed by atoms with Crippen LogP contribution in [0.15, 0.2) is 23.2 Å². The molecule has 1 aromatic carbocycles. The summed E-state index contributed by atoms with van der Waals surface area (Å²) in [5, 5.41) is 15.5. The molecule has 0 saturated carbocycles. The van der Waals surface area contributed by atoms with Crippen molar-refractivity contribution in [1.82, 2.24) is 25.4 Å². The Labute approximate surface area is 184 Å². The van der Waals surface area contributed by atoms with Crippen molar-refractivity contribution in [2.24, 2.45) is 4.99 Å². The highest BCUT2D eigenvalue weighted by Crippen LogP contribution is 2.19. The van der Waals surface area contributed by atoms with Gasteiger partial charge in [-0.25, -0.2) is 0 Å². The lowest BCUT2D eigenvalue weighted by Gasteiger charge is -2.14. The van der Waals surface area contributed by atoms with Crippen LogP contribution in [0.1, 0.15) is 42.0 Å². The van der Waals surface area contributed by atoms with E-state index in [2.05, 4.69) is 49.4 Å². The van der Waals surface area contributed by atoms with Crippen molar-refractivity contribution in [2.45, 2.75) is 52.1 Å². The fourth-order valence-corrected chi connectivity index (χ4v) is 3.42. The number of aryl methyl sites for hydroxylation is 2. The molecule has 1 aromatic heterocycles. The number of ether oxygens (including phenoxy) is 1. The maximum absolute atomic E-state index is 5.47. The number of benzene rings is 1. The van der Waals surface area contributed by atoms with Crippen molar-refractivity contribution >= 4 is 29.9 Å². The van der Waals surface area contributed by atoms with Gasteiger partial charge in [0, 0.05) is 45.1 Å². The SMILES string of the molecule is CN=C(NCCc1nnc2n1CCCCC2)NCc1ccc(C)cc1OC.I. The van der Waals surface area contributed by atoms with Gasteiger partial charge in [-0.15, -0.1) is 34.2 Å². The minimum Gasteiger partial charge on any atom is -0.496 e.